The van der Waals surface area contributed by atoms with E-state index in [1.807, 2.05) is 43.3 Å². The zero-order valence-corrected chi connectivity index (χ0v) is 11.1. The highest BCUT2D eigenvalue weighted by Crippen LogP contribution is 2.15. The van der Waals surface area contributed by atoms with Gasteiger partial charge in [0.15, 0.2) is 0 Å². The molecule has 1 atom stereocenters. The SMILES string of the molecule is COc1cccc(C(=O)N[C@H](C)c2ccccc2)c1. The van der Waals surface area contributed by atoms with Crippen LogP contribution in [-0.2, 0) is 0 Å². The molecular weight excluding hydrogens is 238 g/mol. The van der Waals surface area contributed by atoms with E-state index in [-0.39, 0.29) is 11.9 Å². The highest BCUT2D eigenvalue weighted by atomic mass is 16.5. The summed E-state index contributed by atoms with van der Waals surface area (Å²) in [5.74, 6) is 0.579. The molecule has 0 aromatic heterocycles. The van der Waals surface area contributed by atoms with Crippen LogP contribution < -0.4 is 10.1 Å². The lowest BCUT2D eigenvalue weighted by Gasteiger charge is -2.14. The van der Waals surface area contributed by atoms with Crippen LogP contribution >= 0.6 is 0 Å². The Morgan fingerprint density at radius 1 is 1.11 bits per heavy atom. The van der Waals surface area contributed by atoms with Crippen molar-refractivity contribution in [3.63, 3.8) is 0 Å². The van der Waals surface area contributed by atoms with Crippen LogP contribution in [0.4, 0.5) is 0 Å². The lowest BCUT2D eigenvalue weighted by Crippen LogP contribution is -2.26. The second-order valence-electron chi connectivity index (χ2n) is 4.34. The third-order valence-electron chi connectivity index (χ3n) is 2.98. The highest BCUT2D eigenvalue weighted by Gasteiger charge is 2.11. The molecule has 1 N–H and O–H groups in total. The zero-order valence-electron chi connectivity index (χ0n) is 11.1. The Labute approximate surface area is 113 Å². The van der Waals surface area contributed by atoms with Gasteiger partial charge in [0, 0.05) is 5.56 Å². The number of ether oxygens (including phenoxy) is 1. The molecule has 0 heterocycles. The number of carbonyl (C=O) groups excluding carboxylic acids is 1. The molecule has 0 spiro atoms. The van der Waals surface area contributed by atoms with Crippen molar-refractivity contribution in [3.8, 4) is 5.75 Å². The Balaban J connectivity index is 2.08. The lowest BCUT2D eigenvalue weighted by atomic mass is 10.1. The quantitative estimate of drug-likeness (QED) is 0.911. The highest BCUT2D eigenvalue weighted by molar-refractivity contribution is 5.94. The fourth-order valence-electron chi connectivity index (χ4n) is 1.87. The molecule has 3 heteroatoms. The molecule has 0 aliphatic heterocycles. The summed E-state index contributed by atoms with van der Waals surface area (Å²) < 4.78 is 5.11. The number of nitrogens with one attached hydrogen (secondary N) is 1. The van der Waals surface area contributed by atoms with E-state index in [0.717, 1.165) is 5.56 Å². The van der Waals surface area contributed by atoms with Gasteiger partial charge in [-0.3, -0.25) is 4.79 Å². The predicted octanol–water partition coefficient (Wildman–Crippen LogP) is 3.19. The first-order valence-corrected chi connectivity index (χ1v) is 6.20. The summed E-state index contributed by atoms with van der Waals surface area (Å²) in [5.41, 5.74) is 1.68. The van der Waals surface area contributed by atoms with Crippen molar-refractivity contribution in [2.45, 2.75) is 13.0 Å². The zero-order chi connectivity index (χ0) is 13.7. The van der Waals surface area contributed by atoms with Gasteiger partial charge in [0.2, 0.25) is 0 Å². The third-order valence-corrected chi connectivity index (χ3v) is 2.98. The first-order chi connectivity index (χ1) is 9.20. The van der Waals surface area contributed by atoms with E-state index in [0.29, 0.717) is 11.3 Å². The molecule has 0 fully saturated rings. The van der Waals surface area contributed by atoms with Crippen LogP contribution in [0.3, 0.4) is 0 Å². The van der Waals surface area contributed by atoms with Crippen molar-refractivity contribution in [2.24, 2.45) is 0 Å². The van der Waals surface area contributed by atoms with Gasteiger partial charge >= 0.3 is 0 Å². The minimum Gasteiger partial charge on any atom is -0.497 e. The molecule has 0 saturated carbocycles. The summed E-state index contributed by atoms with van der Waals surface area (Å²) in [6.45, 7) is 1.97. The van der Waals surface area contributed by atoms with Crippen molar-refractivity contribution in [1.29, 1.82) is 0 Å². The molecule has 0 aliphatic carbocycles. The smallest absolute Gasteiger partial charge is 0.251 e. The maximum Gasteiger partial charge on any atom is 0.251 e. The molecule has 3 nitrogen and oxygen atoms in total. The van der Waals surface area contributed by atoms with E-state index in [2.05, 4.69) is 5.32 Å². The van der Waals surface area contributed by atoms with E-state index >= 15 is 0 Å². The van der Waals surface area contributed by atoms with Crippen molar-refractivity contribution >= 4 is 5.91 Å². The van der Waals surface area contributed by atoms with Crippen LogP contribution in [0.15, 0.2) is 54.6 Å². The Bertz CT molecular complexity index is 552. The van der Waals surface area contributed by atoms with Crippen molar-refractivity contribution < 1.29 is 9.53 Å². The molecule has 1 amide bonds. The van der Waals surface area contributed by atoms with Gasteiger partial charge in [0.1, 0.15) is 5.75 Å². The number of methoxy groups -OCH3 is 1. The van der Waals surface area contributed by atoms with Gasteiger partial charge in [-0.05, 0) is 30.7 Å². The molecule has 0 radical (unpaired) electrons. The lowest BCUT2D eigenvalue weighted by molar-refractivity contribution is 0.0939. The number of hydrogen-bond donors (Lipinski definition) is 1. The van der Waals surface area contributed by atoms with E-state index in [1.165, 1.54) is 0 Å². The Morgan fingerprint density at radius 3 is 2.53 bits per heavy atom. The number of amides is 1. The van der Waals surface area contributed by atoms with Crippen LogP contribution in [-0.4, -0.2) is 13.0 Å². The van der Waals surface area contributed by atoms with Crippen molar-refractivity contribution in [3.05, 3.63) is 65.7 Å². The average Bonchev–Trinajstić information content (AvgIpc) is 2.48. The normalized spacial score (nSPS) is 11.7. The molecule has 0 aliphatic rings. The van der Waals surface area contributed by atoms with E-state index < -0.39 is 0 Å². The van der Waals surface area contributed by atoms with E-state index in [4.69, 9.17) is 4.74 Å². The van der Waals surface area contributed by atoms with Gasteiger partial charge < -0.3 is 10.1 Å². The number of rotatable bonds is 4. The monoisotopic (exact) mass is 255 g/mol. The number of benzene rings is 2. The maximum absolute atomic E-state index is 12.1. The fourth-order valence-corrected chi connectivity index (χ4v) is 1.87. The summed E-state index contributed by atoms with van der Waals surface area (Å²) in [6, 6.07) is 17.0. The molecule has 2 aromatic carbocycles. The molecular formula is C16H17NO2. The van der Waals surface area contributed by atoms with Gasteiger partial charge in [0.25, 0.3) is 5.91 Å². The maximum atomic E-state index is 12.1. The number of carbonyl (C=O) groups is 1. The second-order valence-corrected chi connectivity index (χ2v) is 4.34. The molecule has 0 saturated heterocycles. The second kappa shape index (κ2) is 6.05. The fraction of sp³-hybridized carbons (Fsp3) is 0.188. The van der Waals surface area contributed by atoms with Crippen LogP contribution in [0, 0.1) is 0 Å². The minimum absolute atomic E-state index is 0.0279. The molecule has 19 heavy (non-hydrogen) atoms. The van der Waals surface area contributed by atoms with E-state index in [9.17, 15) is 4.79 Å². The Hall–Kier alpha value is -2.29. The first-order valence-electron chi connectivity index (χ1n) is 6.20. The molecule has 2 aromatic rings. The first kappa shape index (κ1) is 13.1. The summed E-state index contributed by atoms with van der Waals surface area (Å²) >= 11 is 0. The number of hydrogen-bond acceptors (Lipinski definition) is 2. The Kier molecular flexibility index (Phi) is 4.18. The molecule has 0 unspecified atom stereocenters. The van der Waals surface area contributed by atoms with Gasteiger partial charge in [-0.15, -0.1) is 0 Å². The van der Waals surface area contributed by atoms with Gasteiger partial charge in [-0.25, -0.2) is 0 Å². The molecule has 98 valence electrons. The molecule has 0 bridgehead atoms. The van der Waals surface area contributed by atoms with E-state index in [1.54, 1.807) is 25.3 Å². The Morgan fingerprint density at radius 2 is 1.84 bits per heavy atom. The summed E-state index contributed by atoms with van der Waals surface area (Å²) in [6.07, 6.45) is 0. The molecule has 2 rings (SSSR count). The summed E-state index contributed by atoms with van der Waals surface area (Å²) in [5, 5.41) is 2.97. The summed E-state index contributed by atoms with van der Waals surface area (Å²) in [7, 11) is 1.59. The van der Waals surface area contributed by atoms with Crippen LogP contribution in [0.5, 0.6) is 5.75 Å². The van der Waals surface area contributed by atoms with Gasteiger partial charge in [-0.2, -0.15) is 0 Å². The average molecular weight is 255 g/mol. The minimum atomic E-state index is -0.102. The van der Waals surface area contributed by atoms with Gasteiger partial charge in [0.05, 0.1) is 13.2 Å². The van der Waals surface area contributed by atoms with Gasteiger partial charge in [-0.1, -0.05) is 36.4 Å². The van der Waals surface area contributed by atoms with Crippen LogP contribution in [0.25, 0.3) is 0 Å². The van der Waals surface area contributed by atoms with Crippen LogP contribution in [0.1, 0.15) is 28.9 Å². The summed E-state index contributed by atoms with van der Waals surface area (Å²) in [4.78, 5) is 12.1. The predicted molar refractivity (Wildman–Crippen MR) is 75.3 cm³/mol. The van der Waals surface area contributed by atoms with Crippen molar-refractivity contribution in [1.82, 2.24) is 5.32 Å². The standard InChI is InChI=1S/C16H17NO2/c1-12(13-7-4-3-5-8-13)17-16(18)14-9-6-10-15(11-14)19-2/h3-12H,1-2H3,(H,17,18)/t12-/m1/s1. The van der Waals surface area contributed by atoms with Crippen molar-refractivity contribution in [2.75, 3.05) is 7.11 Å². The largest absolute Gasteiger partial charge is 0.497 e. The topological polar surface area (TPSA) is 38.3 Å². The van der Waals surface area contributed by atoms with Crippen LogP contribution in [0.2, 0.25) is 0 Å². The third kappa shape index (κ3) is 3.35.